The molecule has 5 heterocycles. The third-order valence-electron chi connectivity index (χ3n) is 6.58. The van der Waals surface area contributed by atoms with Crippen LogP contribution in [0.5, 0.6) is 0 Å². The Morgan fingerprint density at radius 2 is 1.85 bits per heavy atom. The van der Waals surface area contributed by atoms with E-state index in [9.17, 15) is 9.59 Å². The first-order valence-corrected chi connectivity index (χ1v) is 13.8. The van der Waals surface area contributed by atoms with E-state index in [0.717, 1.165) is 46.9 Å². The van der Waals surface area contributed by atoms with Crippen molar-refractivity contribution in [3.05, 3.63) is 94.6 Å². The maximum atomic E-state index is 13.1. The van der Waals surface area contributed by atoms with Gasteiger partial charge in [0.05, 0.1) is 24.6 Å². The molecule has 0 radical (unpaired) electrons. The molecule has 0 aliphatic carbocycles. The molecule has 40 heavy (non-hydrogen) atoms. The van der Waals surface area contributed by atoms with E-state index in [1.165, 1.54) is 11.3 Å². The van der Waals surface area contributed by atoms with Crippen LogP contribution in [0.2, 0.25) is 0 Å². The number of benzene rings is 1. The minimum absolute atomic E-state index is 0.182. The van der Waals surface area contributed by atoms with E-state index < -0.39 is 0 Å². The van der Waals surface area contributed by atoms with Crippen LogP contribution in [0.25, 0.3) is 11.0 Å². The lowest BCUT2D eigenvalue weighted by Crippen LogP contribution is -2.36. The molecule has 0 saturated carbocycles. The van der Waals surface area contributed by atoms with Gasteiger partial charge < -0.3 is 30.6 Å². The predicted octanol–water partition coefficient (Wildman–Crippen LogP) is 4.78. The summed E-state index contributed by atoms with van der Waals surface area (Å²) in [6.45, 7) is 3.10. The number of ether oxygens (including phenoxy) is 1. The number of amides is 2. The Kier molecular flexibility index (Phi) is 7.38. The average Bonchev–Trinajstić information content (AvgIpc) is 3.67. The molecule has 6 rings (SSSR count). The second kappa shape index (κ2) is 11.6. The number of nitrogens with zero attached hydrogens (tertiary/aromatic N) is 3. The minimum Gasteiger partial charge on any atom is -0.378 e. The van der Waals surface area contributed by atoms with Crippen LogP contribution >= 0.6 is 11.3 Å². The van der Waals surface area contributed by atoms with Crippen molar-refractivity contribution < 1.29 is 14.3 Å². The standard InChI is InChI=1S/C29H27N7O3S/c37-28(20-4-8-30-25(17-20)36-11-13-39-14-12-36)34-21-3-1-2-19(16-21)18-33-29(38)26-24(7-15-40-26)35-23-6-10-32-27-22(23)5-9-31-27/h1-10,15-17H,11-14,18H2,(H,33,38)(H,34,37)(H2,31,32,35). The lowest BCUT2D eigenvalue weighted by Gasteiger charge is -2.27. The van der Waals surface area contributed by atoms with E-state index in [1.54, 1.807) is 24.5 Å². The van der Waals surface area contributed by atoms with Crippen LogP contribution in [0.15, 0.2) is 78.6 Å². The molecule has 0 unspecified atom stereocenters. The molecule has 1 fully saturated rings. The van der Waals surface area contributed by atoms with Crippen LogP contribution in [0.4, 0.5) is 22.9 Å². The Bertz CT molecular complexity index is 1660. The van der Waals surface area contributed by atoms with Crippen molar-refractivity contribution in [2.45, 2.75) is 6.54 Å². The van der Waals surface area contributed by atoms with Gasteiger partial charge in [0.1, 0.15) is 16.3 Å². The molecule has 4 aromatic heterocycles. The number of pyridine rings is 2. The molecule has 0 atom stereocenters. The Balaban J connectivity index is 1.08. The summed E-state index contributed by atoms with van der Waals surface area (Å²) >= 11 is 1.37. The summed E-state index contributed by atoms with van der Waals surface area (Å²) < 4.78 is 5.41. The van der Waals surface area contributed by atoms with E-state index in [-0.39, 0.29) is 11.8 Å². The zero-order valence-corrected chi connectivity index (χ0v) is 22.3. The molecule has 1 aliphatic rings. The van der Waals surface area contributed by atoms with Crippen molar-refractivity contribution in [3.8, 4) is 0 Å². The quantitative estimate of drug-likeness (QED) is 0.218. The molecule has 1 aliphatic heterocycles. The van der Waals surface area contributed by atoms with Crippen molar-refractivity contribution >= 4 is 57.1 Å². The van der Waals surface area contributed by atoms with Crippen LogP contribution < -0.4 is 20.9 Å². The largest absolute Gasteiger partial charge is 0.378 e. The molecule has 1 saturated heterocycles. The van der Waals surface area contributed by atoms with Gasteiger partial charge in [0.2, 0.25) is 0 Å². The van der Waals surface area contributed by atoms with E-state index >= 15 is 0 Å². The first kappa shape index (κ1) is 25.5. The summed E-state index contributed by atoms with van der Waals surface area (Å²) in [4.78, 5) is 40.5. The summed E-state index contributed by atoms with van der Waals surface area (Å²) in [7, 11) is 0. The summed E-state index contributed by atoms with van der Waals surface area (Å²) in [6, 6.07) is 16.6. The molecular formula is C29H27N7O3S. The van der Waals surface area contributed by atoms with Crippen molar-refractivity contribution in [2.75, 3.05) is 41.8 Å². The van der Waals surface area contributed by atoms with E-state index in [4.69, 9.17) is 4.74 Å². The van der Waals surface area contributed by atoms with Crippen LogP contribution in [-0.4, -0.2) is 53.1 Å². The number of carbonyl (C=O) groups is 2. The lowest BCUT2D eigenvalue weighted by atomic mass is 10.1. The van der Waals surface area contributed by atoms with Gasteiger partial charge in [0, 0.05) is 54.9 Å². The maximum absolute atomic E-state index is 13.1. The number of nitrogens with one attached hydrogen (secondary N) is 4. The maximum Gasteiger partial charge on any atom is 0.263 e. The van der Waals surface area contributed by atoms with Gasteiger partial charge in [-0.25, -0.2) is 9.97 Å². The Morgan fingerprint density at radius 1 is 0.975 bits per heavy atom. The SMILES string of the molecule is O=C(Nc1cccc(CNC(=O)c2sccc2Nc2ccnc3[nH]ccc23)c1)c1ccnc(N2CCOCC2)c1. The normalized spacial score (nSPS) is 13.2. The predicted molar refractivity (Wildman–Crippen MR) is 157 cm³/mol. The fourth-order valence-electron chi connectivity index (χ4n) is 4.55. The molecule has 4 N–H and O–H groups in total. The molecule has 0 bridgehead atoms. The average molecular weight is 554 g/mol. The van der Waals surface area contributed by atoms with Crippen LogP contribution in [0.3, 0.4) is 0 Å². The minimum atomic E-state index is -0.222. The number of fused-ring (bicyclic) bond motifs is 1. The number of hydrogen-bond donors (Lipinski definition) is 4. The van der Waals surface area contributed by atoms with Crippen molar-refractivity contribution in [1.29, 1.82) is 0 Å². The van der Waals surface area contributed by atoms with Crippen LogP contribution in [0.1, 0.15) is 25.6 Å². The van der Waals surface area contributed by atoms with Gasteiger partial charge in [-0.1, -0.05) is 12.1 Å². The first-order chi connectivity index (χ1) is 19.6. The van der Waals surface area contributed by atoms with Gasteiger partial charge >= 0.3 is 0 Å². The topological polar surface area (TPSA) is 124 Å². The van der Waals surface area contributed by atoms with Crippen LogP contribution in [0, 0.1) is 0 Å². The van der Waals surface area contributed by atoms with E-state index in [0.29, 0.717) is 35.9 Å². The van der Waals surface area contributed by atoms with Gasteiger partial charge in [-0.15, -0.1) is 11.3 Å². The molecule has 1 aromatic carbocycles. The zero-order chi connectivity index (χ0) is 27.3. The van der Waals surface area contributed by atoms with Gasteiger partial charge in [-0.3, -0.25) is 9.59 Å². The summed E-state index contributed by atoms with van der Waals surface area (Å²) in [6.07, 6.45) is 5.20. The van der Waals surface area contributed by atoms with Gasteiger partial charge in [-0.2, -0.15) is 0 Å². The van der Waals surface area contributed by atoms with Crippen LogP contribution in [-0.2, 0) is 11.3 Å². The third-order valence-corrected chi connectivity index (χ3v) is 7.49. The number of morpholine rings is 1. The fraction of sp³-hybridized carbons (Fsp3) is 0.172. The Morgan fingerprint density at radius 3 is 2.75 bits per heavy atom. The van der Waals surface area contributed by atoms with Gasteiger partial charge in [0.25, 0.3) is 11.8 Å². The number of thiophene rings is 1. The number of carbonyl (C=O) groups excluding carboxylic acids is 2. The molecule has 10 nitrogen and oxygen atoms in total. The Hall–Kier alpha value is -4.74. The molecule has 0 spiro atoms. The molecule has 2 amide bonds. The first-order valence-electron chi connectivity index (χ1n) is 12.9. The second-order valence-electron chi connectivity index (χ2n) is 9.23. The van der Waals surface area contributed by atoms with Crippen molar-refractivity contribution in [3.63, 3.8) is 0 Å². The summed E-state index contributed by atoms with van der Waals surface area (Å²) in [5.74, 6) is 0.357. The fourth-order valence-corrected chi connectivity index (χ4v) is 5.31. The number of hydrogen-bond acceptors (Lipinski definition) is 8. The second-order valence-corrected chi connectivity index (χ2v) is 10.1. The molecule has 5 aromatic rings. The van der Waals surface area contributed by atoms with Crippen molar-refractivity contribution in [2.24, 2.45) is 0 Å². The molecule has 11 heteroatoms. The van der Waals surface area contributed by atoms with E-state index in [2.05, 4.69) is 35.8 Å². The number of rotatable bonds is 8. The highest BCUT2D eigenvalue weighted by Crippen LogP contribution is 2.29. The Labute approximate surface area is 234 Å². The zero-order valence-electron chi connectivity index (χ0n) is 21.5. The van der Waals surface area contributed by atoms with Gasteiger partial charge in [0.15, 0.2) is 0 Å². The number of aromatic nitrogens is 3. The highest BCUT2D eigenvalue weighted by Gasteiger charge is 2.16. The molecule has 202 valence electrons. The van der Waals surface area contributed by atoms with Crippen molar-refractivity contribution in [1.82, 2.24) is 20.3 Å². The highest BCUT2D eigenvalue weighted by atomic mass is 32.1. The summed E-state index contributed by atoms with van der Waals surface area (Å²) in [5.41, 5.74) is 4.41. The number of anilines is 4. The molecular weight excluding hydrogens is 526 g/mol. The summed E-state index contributed by atoms with van der Waals surface area (Å²) in [5, 5.41) is 12.1. The highest BCUT2D eigenvalue weighted by molar-refractivity contribution is 7.12. The lowest BCUT2D eigenvalue weighted by molar-refractivity contribution is 0.0954. The number of H-pyrrole nitrogens is 1. The smallest absolute Gasteiger partial charge is 0.263 e. The van der Waals surface area contributed by atoms with E-state index in [1.807, 2.05) is 54.0 Å². The third kappa shape index (κ3) is 5.65. The number of aromatic amines is 1. The monoisotopic (exact) mass is 553 g/mol. The van der Waals surface area contributed by atoms with Gasteiger partial charge in [-0.05, 0) is 53.4 Å².